The fraction of sp³-hybridized carbons (Fsp3) is 0.235. The van der Waals surface area contributed by atoms with Crippen LogP contribution in [0.2, 0.25) is 5.02 Å². The SMILES string of the molecule is C=C[C@]12Cc3cnn(-c4ccc(F)cc4)c3C=C1CC[C@@H]2CC(NC(=O)N(C)c1ccc(Cl)cc1)c1ccccc1. The van der Waals surface area contributed by atoms with Gasteiger partial charge in [0.15, 0.2) is 0 Å². The monoisotopic (exact) mass is 566 g/mol. The summed E-state index contributed by atoms with van der Waals surface area (Å²) < 4.78 is 15.4. The van der Waals surface area contributed by atoms with E-state index in [0.717, 1.165) is 53.9 Å². The highest BCUT2D eigenvalue weighted by molar-refractivity contribution is 6.30. The van der Waals surface area contributed by atoms with Crippen molar-refractivity contribution in [2.75, 3.05) is 11.9 Å². The molecule has 5 nitrogen and oxygen atoms in total. The highest BCUT2D eigenvalue weighted by Crippen LogP contribution is 2.56. The van der Waals surface area contributed by atoms with Crippen molar-refractivity contribution in [1.29, 1.82) is 0 Å². The molecule has 1 fully saturated rings. The van der Waals surface area contributed by atoms with Crippen molar-refractivity contribution in [3.8, 4) is 5.69 Å². The molecule has 7 heteroatoms. The highest BCUT2D eigenvalue weighted by atomic mass is 35.5. The summed E-state index contributed by atoms with van der Waals surface area (Å²) in [5.74, 6) is 0.0109. The van der Waals surface area contributed by atoms with Gasteiger partial charge in [0, 0.05) is 23.2 Å². The molecular weight excluding hydrogens is 535 g/mol. The molecule has 0 aliphatic heterocycles. The van der Waals surface area contributed by atoms with Crippen LogP contribution in [0.4, 0.5) is 14.9 Å². The molecule has 3 atom stereocenters. The van der Waals surface area contributed by atoms with E-state index in [1.807, 2.05) is 41.2 Å². The van der Waals surface area contributed by atoms with E-state index < -0.39 is 0 Å². The molecule has 1 unspecified atom stereocenters. The predicted molar refractivity (Wildman–Crippen MR) is 163 cm³/mol. The maximum absolute atomic E-state index is 13.5. The van der Waals surface area contributed by atoms with Crippen molar-refractivity contribution >= 4 is 29.4 Å². The molecule has 3 aromatic carbocycles. The minimum Gasteiger partial charge on any atom is -0.331 e. The van der Waals surface area contributed by atoms with E-state index in [2.05, 4.69) is 41.3 Å². The summed E-state index contributed by atoms with van der Waals surface area (Å²) in [6, 6.07) is 23.5. The summed E-state index contributed by atoms with van der Waals surface area (Å²) in [4.78, 5) is 15.1. The van der Waals surface area contributed by atoms with Crippen LogP contribution in [0.5, 0.6) is 0 Å². The molecule has 1 aromatic heterocycles. The van der Waals surface area contributed by atoms with E-state index in [1.165, 1.54) is 17.7 Å². The summed E-state index contributed by atoms with van der Waals surface area (Å²) in [5.41, 5.74) is 5.98. The normalized spacial score (nSPS) is 20.0. The zero-order chi connectivity index (χ0) is 28.6. The first-order chi connectivity index (χ1) is 19.9. The van der Waals surface area contributed by atoms with E-state index in [4.69, 9.17) is 11.6 Å². The maximum atomic E-state index is 13.5. The van der Waals surface area contributed by atoms with Crippen LogP contribution < -0.4 is 10.2 Å². The molecule has 41 heavy (non-hydrogen) atoms. The summed E-state index contributed by atoms with van der Waals surface area (Å²) in [7, 11) is 1.77. The van der Waals surface area contributed by atoms with Crippen LogP contribution in [0.15, 0.2) is 103 Å². The largest absolute Gasteiger partial charge is 0.331 e. The van der Waals surface area contributed by atoms with Gasteiger partial charge in [-0.05, 0) is 97.3 Å². The van der Waals surface area contributed by atoms with E-state index >= 15 is 0 Å². The predicted octanol–water partition coefficient (Wildman–Crippen LogP) is 8.16. The average molecular weight is 567 g/mol. The molecule has 0 bridgehead atoms. The van der Waals surface area contributed by atoms with Crippen molar-refractivity contribution < 1.29 is 9.18 Å². The van der Waals surface area contributed by atoms with Gasteiger partial charge < -0.3 is 5.32 Å². The number of nitrogens with one attached hydrogen (secondary N) is 1. The van der Waals surface area contributed by atoms with Gasteiger partial charge in [0.2, 0.25) is 0 Å². The third kappa shape index (κ3) is 5.08. The maximum Gasteiger partial charge on any atom is 0.322 e. The number of hydrogen-bond acceptors (Lipinski definition) is 2. The minimum atomic E-state index is -0.267. The van der Waals surface area contributed by atoms with Crippen LogP contribution in [0.1, 0.15) is 42.1 Å². The Bertz CT molecular complexity index is 1600. The Labute approximate surface area is 245 Å². The van der Waals surface area contributed by atoms with Gasteiger partial charge in [-0.1, -0.05) is 53.6 Å². The van der Waals surface area contributed by atoms with Crippen molar-refractivity contribution in [3.05, 3.63) is 131 Å². The zero-order valence-electron chi connectivity index (χ0n) is 22.9. The van der Waals surface area contributed by atoms with Crippen LogP contribution in [-0.2, 0) is 6.42 Å². The molecule has 2 aliphatic carbocycles. The Morgan fingerprint density at radius 1 is 1.17 bits per heavy atom. The Morgan fingerprint density at radius 3 is 2.61 bits per heavy atom. The minimum absolute atomic E-state index is 0.172. The highest BCUT2D eigenvalue weighted by Gasteiger charge is 2.47. The molecule has 6 rings (SSSR count). The molecule has 0 saturated heterocycles. The quantitative estimate of drug-likeness (QED) is 0.229. The van der Waals surface area contributed by atoms with Crippen LogP contribution in [0, 0.1) is 17.2 Å². The van der Waals surface area contributed by atoms with Gasteiger partial charge in [0.25, 0.3) is 0 Å². The first-order valence-corrected chi connectivity index (χ1v) is 14.3. The van der Waals surface area contributed by atoms with Crippen LogP contribution in [0.3, 0.4) is 0 Å². The number of nitrogens with zero attached hydrogens (tertiary/aromatic N) is 3. The molecule has 1 heterocycles. The number of fused-ring (bicyclic) bond motifs is 2. The number of allylic oxidation sites excluding steroid dienone is 2. The molecule has 2 amide bonds. The van der Waals surface area contributed by atoms with E-state index in [1.54, 1.807) is 36.2 Å². The van der Waals surface area contributed by atoms with Crippen LogP contribution >= 0.6 is 11.6 Å². The van der Waals surface area contributed by atoms with E-state index in [-0.39, 0.29) is 29.2 Å². The third-order valence-corrected chi connectivity index (χ3v) is 8.99. The van der Waals surface area contributed by atoms with Crippen LogP contribution in [-0.4, -0.2) is 22.9 Å². The lowest BCUT2D eigenvalue weighted by atomic mass is 9.66. The van der Waals surface area contributed by atoms with Gasteiger partial charge in [-0.2, -0.15) is 5.10 Å². The zero-order valence-corrected chi connectivity index (χ0v) is 23.7. The Morgan fingerprint density at radius 2 is 1.90 bits per heavy atom. The second-order valence-electron chi connectivity index (χ2n) is 11.0. The summed E-state index contributed by atoms with van der Waals surface area (Å²) in [6.45, 7) is 4.32. The Balaban J connectivity index is 1.27. The first kappa shape index (κ1) is 27.0. The van der Waals surface area contributed by atoms with E-state index in [0.29, 0.717) is 5.02 Å². The van der Waals surface area contributed by atoms with Gasteiger partial charge in [-0.15, -0.1) is 6.58 Å². The first-order valence-electron chi connectivity index (χ1n) is 13.9. The molecule has 1 saturated carbocycles. The topological polar surface area (TPSA) is 50.2 Å². The third-order valence-electron chi connectivity index (χ3n) is 8.74. The summed E-state index contributed by atoms with van der Waals surface area (Å²) in [6.07, 6.45) is 9.80. The Hall–Kier alpha value is -4.16. The molecule has 0 spiro atoms. The van der Waals surface area contributed by atoms with Crippen molar-refractivity contribution in [2.45, 2.75) is 31.7 Å². The lowest BCUT2D eigenvalue weighted by molar-refractivity contribution is 0.232. The van der Waals surface area contributed by atoms with Crippen molar-refractivity contribution in [1.82, 2.24) is 15.1 Å². The van der Waals surface area contributed by atoms with Crippen molar-refractivity contribution in [3.63, 3.8) is 0 Å². The number of benzene rings is 3. The van der Waals surface area contributed by atoms with Gasteiger partial charge in [0.1, 0.15) is 5.82 Å². The number of urea groups is 1. The summed E-state index contributed by atoms with van der Waals surface area (Å²) >= 11 is 6.06. The average Bonchev–Trinajstić information content (AvgIpc) is 3.57. The number of halogens is 2. The lowest BCUT2D eigenvalue weighted by Crippen LogP contribution is -2.41. The smallest absolute Gasteiger partial charge is 0.322 e. The molecule has 0 radical (unpaired) electrons. The number of anilines is 1. The fourth-order valence-electron chi connectivity index (χ4n) is 6.47. The second kappa shape index (κ2) is 11.0. The molecule has 208 valence electrons. The number of amides is 2. The Kier molecular flexibility index (Phi) is 7.26. The molecule has 4 aromatic rings. The van der Waals surface area contributed by atoms with Crippen LogP contribution in [0.25, 0.3) is 11.8 Å². The molecular formula is C34H32ClFN4O. The van der Waals surface area contributed by atoms with Gasteiger partial charge in [-0.3, -0.25) is 4.90 Å². The fourth-order valence-corrected chi connectivity index (χ4v) is 6.60. The molecule has 2 aliphatic rings. The number of carbonyl (C=O) groups is 1. The molecule has 1 N–H and O–H groups in total. The van der Waals surface area contributed by atoms with Gasteiger partial charge in [-0.25, -0.2) is 13.9 Å². The number of aromatic nitrogens is 2. The number of hydrogen-bond donors (Lipinski definition) is 1. The van der Waals surface area contributed by atoms with Gasteiger partial charge >= 0.3 is 6.03 Å². The summed E-state index contributed by atoms with van der Waals surface area (Å²) in [5, 5.41) is 8.60. The lowest BCUT2D eigenvalue weighted by Gasteiger charge is -2.38. The number of rotatable bonds is 7. The standard InChI is InChI=1S/C34H32ClFN4O/c1-3-34-21-24-22-37-40(30-17-13-28(36)14-18-30)32(24)20-26(34)10-9-25(34)19-31(23-7-5-4-6-8-23)38-33(41)39(2)29-15-11-27(35)12-16-29/h3-8,11-18,20,22,25,31H,1,9-10,19,21H2,2H3,(H,38,41)/t25-,31?,34-/m1/s1. The second-order valence-corrected chi connectivity index (χ2v) is 11.4. The van der Waals surface area contributed by atoms with Gasteiger partial charge in [0.05, 0.1) is 23.6 Å². The number of carbonyl (C=O) groups excluding carboxylic acids is 1. The van der Waals surface area contributed by atoms with E-state index in [9.17, 15) is 9.18 Å². The van der Waals surface area contributed by atoms with Crippen molar-refractivity contribution in [2.24, 2.45) is 11.3 Å².